The molecule has 0 spiro atoms. The van der Waals surface area contributed by atoms with Crippen LogP contribution in [0.1, 0.15) is 40.3 Å². The van der Waals surface area contributed by atoms with Crippen molar-refractivity contribution < 1.29 is 24.2 Å². The Morgan fingerprint density at radius 2 is 1.84 bits per heavy atom. The number of fused-ring (bicyclic) bond motifs is 1. The fourth-order valence-electron chi connectivity index (χ4n) is 5.13. The highest BCUT2D eigenvalue weighted by molar-refractivity contribution is 6.06. The molecule has 0 unspecified atom stereocenters. The highest BCUT2D eigenvalue weighted by atomic mass is 16.5. The first-order chi connectivity index (χ1) is 21.3. The second-order valence-corrected chi connectivity index (χ2v) is 11.1. The molecule has 0 radical (unpaired) electrons. The molecule has 0 saturated carbocycles. The lowest BCUT2D eigenvalue weighted by Gasteiger charge is -2.38. The van der Waals surface area contributed by atoms with Crippen molar-refractivity contribution in [2.24, 2.45) is 5.92 Å². The van der Waals surface area contributed by atoms with Gasteiger partial charge >= 0.3 is 0 Å². The monoisotopic (exact) mass is 595 g/mol. The molecule has 1 aromatic heterocycles. The Morgan fingerprint density at radius 1 is 1.09 bits per heavy atom. The first-order valence-corrected chi connectivity index (χ1v) is 14.6. The van der Waals surface area contributed by atoms with Gasteiger partial charge in [-0.05, 0) is 55.9 Å². The van der Waals surface area contributed by atoms with Crippen molar-refractivity contribution in [3.05, 3.63) is 108 Å². The maximum Gasteiger partial charge on any atom is 0.275 e. The summed E-state index contributed by atoms with van der Waals surface area (Å²) in [6, 6.07) is 22.3. The molecule has 4 aromatic rings. The predicted octanol–water partition coefficient (Wildman–Crippen LogP) is 4.87. The number of amides is 2. The molecule has 10 heteroatoms. The van der Waals surface area contributed by atoms with Gasteiger partial charge in [-0.2, -0.15) is 0 Å². The van der Waals surface area contributed by atoms with Gasteiger partial charge in [0.2, 0.25) is 0 Å². The van der Waals surface area contributed by atoms with Gasteiger partial charge in [0.15, 0.2) is 5.75 Å². The zero-order chi connectivity index (χ0) is 31.1. The van der Waals surface area contributed by atoms with Crippen LogP contribution in [-0.4, -0.2) is 75.6 Å². The van der Waals surface area contributed by atoms with E-state index in [1.165, 1.54) is 18.6 Å². The summed E-state index contributed by atoms with van der Waals surface area (Å²) in [4.78, 5) is 38.6. The molecule has 1 aliphatic heterocycles. The number of aliphatic hydroxyl groups is 1. The van der Waals surface area contributed by atoms with Crippen molar-refractivity contribution in [1.29, 1.82) is 0 Å². The van der Waals surface area contributed by atoms with Crippen LogP contribution in [0.3, 0.4) is 0 Å². The van der Waals surface area contributed by atoms with Crippen molar-refractivity contribution in [1.82, 2.24) is 19.8 Å². The van der Waals surface area contributed by atoms with Crippen molar-refractivity contribution in [2.45, 2.75) is 32.5 Å². The number of carbonyl (C=O) groups excluding carboxylic acids is 2. The number of benzene rings is 3. The topological polar surface area (TPSA) is 117 Å². The van der Waals surface area contributed by atoms with Gasteiger partial charge in [0.1, 0.15) is 23.3 Å². The van der Waals surface area contributed by atoms with Gasteiger partial charge in [-0.1, -0.05) is 43.3 Å². The van der Waals surface area contributed by atoms with E-state index in [0.29, 0.717) is 30.9 Å². The average Bonchev–Trinajstić information content (AvgIpc) is 3.04. The largest absolute Gasteiger partial charge is 0.486 e. The molecular formula is C34H37N5O5. The lowest BCUT2D eigenvalue weighted by Crippen LogP contribution is -2.49. The molecule has 2 N–H and O–H groups in total. The molecule has 44 heavy (non-hydrogen) atoms. The molecule has 3 atom stereocenters. The number of nitrogens with zero attached hydrogens (tertiary/aromatic N) is 4. The molecule has 10 nitrogen and oxygen atoms in total. The summed E-state index contributed by atoms with van der Waals surface area (Å²) in [5.74, 6) is 1.00. The number of carbonyl (C=O) groups is 2. The number of rotatable bonds is 10. The zero-order valence-electron chi connectivity index (χ0n) is 25.1. The van der Waals surface area contributed by atoms with E-state index in [2.05, 4.69) is 20.2 Å². The maximum atomic E-state index is 13.7. The molecule has 3 aromatic carbocycles. The van der Waals surface area contributed by atoms with Crippen LogP contribution in [0, 0.1) is 5.92 Å². The van der Waals surface area contributed by atoms with Gasteiger partial charge < -0.3 is 24.8 Å². The Kier molecular flexibility index (Phi) is 9.83. The first kappa shape index (κ1) is 30.7. The molecule has 0 saturated heterocycles. The number of likely N-dealkylation sites (N-methyl/N-ethyl adjacent to an activating group) is 1. The Balaban J connectivity index is 1.36. The molecular weight excluding hydrogens is 558 g/mol. The first-order valence-electron chi connectivity index (χ1n) is 14.6. The highest BCUT2D eigenvalue weighted by Gasteiger charge is 2.34. The number of para-hydroxylation sites is 2. The van der Waals surface area contributed by atoms with E-state index in [0.717, 1.165) is 17.1 Å². The van der Waals surface area contributed by atoms with Crippen LogP contribution < -0.4 is 14.8 Å². The summed E-state index contributed by atoms with van der Waals surface area (Å²) in [5.41, 5.74) is 1.92. The quantitative estimate of drug-likeness (QED) is 0.267. The molecule has 0 aliphatic carbocycles. The molecule has 0 bridgehead atoms. The average molecular weight is 596 g/mol. The molecule has 2 heterocycles. The van der Waals surface area contributed by atoms with Gasteiger partial charge in [0.05, 0.1) is 30.1 Å². The number of hydrogen-bond donors (Lipinski definition) is 2. The number of nitrogens with one attached hydrogen (secondary N) is 1. The smallest absolute Gasteiger partial charge is 0.275 e. The van der Waals surface area contributed by atoms with Gasteiger partial charge in [0, 0.05) is 37.9 Å². The van der Waals surface area contributed by atoms with Crippen LogP contribution in [0.5, 0.6) is 17.2 Å². The number of hydrogen-bond acceptors (Lipinski definition) is 8. The summed E-state index contributed by atoms with van der Waals surface area (Å²) in [6.07, 6.45) is 3.97. The minimum absolute atomic E-state index is 0.0889. The Morgan fingerprint density at radius 3 is 2.55 bits per heavy atom. The summed E-state index contributed by atoms with van der Waals surface area (Å²) in [6.45, 7) is 5.28. The maximum absolute atomic E-state index is 13.7. The molecule has 1 aliphatic rings. The highest BCUT2D eigenvalue weighted by Crippen LogP contribution is 2.35. The lowest BCUT2D eigenvalue weighted by molar-refractivity contribution is 0.0343. The van der Waals surface area contributed by atoms with Crippen LogP contribution in [0.2, 0.25) is 0 Å². The predicted molar refractivity (Wildman–Crippen MR) is 167 cm³/mol. The van der Waals surface area contributed by atoms with E-state index in [1.54, 1.807) is 23.1 Å². The van der Waals surface area contributed by atoms with Crippen molar-refractivity contribution >= 4 is 17.5 Å². The number of aromatic nitrogens is 2. The van der Waals surface area contributed by atoms with Crippen LogP contribution in [-0.2, 0) is 6.54 Å². The van der Waals surface area contributed by atoms with Crippen LogP contribution >= 0.6 is 0 Å². The van der Waals surface area contributed by atoms with E-state index < -0.39 is 11.9 Å². The molecule has 0 fully saturated rings. The summed E-state index contributed by atoms with van der Waals surface area (Å²) >= 11 is 0. The second-order valence-electron chi connectivity index (χ2n) is 11.1. The number of ether oxygens (including phenoxy) is 2. The Labute approximate surface area is 257 Å². The summed E-state index contributed by atoms with van der Waals surface area (Å²) in [7, 11) is 2.02. The van der Waals surface area contributed by atoms with Gasteiger partial charge in [-0.3, -0.25) is 19.5 Å². The molecule has 5 rings (SSSR count). The Hall–Kier alpha value is -4.80. The minimum Gasteiger partial charge on any atom is -0.486 e. The van der Waals surface area contributed by atoms with Gasteiger partial charge in [-0.15, -0.1) is 0 Å². The third-order valence-electron chi connectivity index (χ3n) is 7.58. The molecule has 2 amide bonds. The van der Waals surface area contributed by atoms with E-state index in [-0.39, 0.29) is 36.0 Å². The Bertz CT molecular complexity index is 1550. The van der Waals surface area contributed by atoms with Crippen LogP contribution in [0.25, 0.3) is 0 Å². The summed E-state index contributed by atoms with van der Waals surface area (Å²) in [5, 5.41) is 12.8. The van der Waals surface area contributed by atoms with Gasteiger partial charge in [0.25, 0.3) is 11.8 Å². The van der Waals surface area contributed by atoms with E-state index >= 15 is 0 Å². The lowest BCUT2D eigenvalue weighted by atomic mass is 9.98. The third kappa shape index (κ3) is 7.39. The van der Waals surface area contributed by atoms with Crippen molar-refractivity contribution in [3.8, 4) is 17.2 Å². The fraction of sp³-hybridized carbons (Fsp3) is 0.294. The van der Waals surface area contributed by atoms with Crippen molar-refractivity contribution in [3.63, 3.8) is 0 Å². The fourth-order valence-corrected chi connectivity index (χ4v) is 5.13. The normalized spacial score (nSPS) is 17.2. The minimum atomic E-state index is -0.466. The second kappa shape index (κ2) is 14.1. The van der Waals surface area contributed by atoms with E-state index in [4.69, 9.17) is 9.47 Å². The number of anilines is 1. The number of aliphatic hydroxyl groups excluding tert-OH is 1. The molecule has 228 valence electrons. The SMILES string of the molecule is C[C@H]1CN([C@@H](C)CO)C(=O)c2cccc(NC(=O)c3cnccn3)c2O[C@H]1CN(C)Cc1ccc(Oc2ccccc2)cc1. The standard InChI is InChI=1S/C34H37N5O5/c1-23-19-39(24(2)22-40)34(42)28-10-7-11-29(37-33(41)30-18-35-16-17-36-30)32(28)44-31(23)21-38(3)20-25-12-14-27(15-13-25)43-26-8-5-4-6-9-26/h4-18,23-24,31,40H,19-22H2,1-3H3,(H,37,41)/t23-,24-,31-/m0/s1. The summed E-state index contributed by atoms with van der Waals surface area (Å²) < 4.78 is 12.5. The van der Waals surface area contributed by atoms with E-state index in [1.807, 2.05) is 75.5 Å². The van der Waals surface area contributed by atoms with E-state index in [9.17, 15) is 14.7 Å². The van der Waals surface area contributed by atoms with Crippen LogP contribution in [0.4, 0.5) is 5.69 Å². The van der Waals surface area contributed by atoms with Crippen LogP contribution in [0.15, 0.2) is 91.4 Å². The zero-order valence-corrected chi connectivity index (χ0v) is 25.1. The van der Waals surface area contributed by atoms with Crippen molar-refractivity contribution in [2.75, 3.05) is 32.1 Å². The third-order valence-corrected chi connectivity index (χ3v) is 7.58. The van der Waals surface area contributed by atoms with Gasteiger partial charge in [-0.25, -0.2) is 4.98 Å².